The third kappa shape index (κ3) is 5.26. The van der Waals surface area contributed by atoms with Gasteiger partial charge in [-0.2, -0.15) is 9.61 Å². The average molecular weight is 539 g/mol. The summed E-state index contributed by atoms with van der Waals surface area (Å²) in [7, 11) is 0. The minimum Gasteiger partial charge on any atom is -0.378 e. The van der Waals surface area contributed by atoms with Crippen LogP contribution in [0, 0.1) is 10.1 Å². The number of hydrogen-bond donors (Lipinski definition) is 2. The monoisotopic (exact) mass is 538 g/mol. The number of nitro groups is 1. The van der Waals surface area contributed by atoms with Gasteiger partial charge in [-0.25, -0.2) is 0 Å². The summed E-state index contributed by atoms with van der Waals surface area (Å²) in [6.45, 7) is 4.07. The van der Waals surface area contributed by atoms with Crippen molar-refractivity contribution in [3.05, 3.63) is 64.0 Å². The van der Waals surface area contributed by atoms with Crippen LogP contribution >= 0.6 is 23.6 Å². The van der Waals surface area contributed by atoms with E-state index >= 15 is 0 Å². The maximum Gasteiger partial charge on any atom is 0.293 e. The van der Waals surface area contributed by atoms with Crippen molar-refractivity contribution in [3.8, 4) is 10.6 Å². The van der Waals surface area contributed by atoms with Gasteiger partial charge in [-0.3, -0.25) is 20.2 Å². The molecule has 4 aromatic rings. The van der Waals surface area contributed by atoms with E-state index in [4.69, 9.17) is 17.0 Å². The van der Waals surface area contributed by atoms with Crippen LogP contribution in [0.25, 0.3) is 15.5 Å². The number of thiocarbonyl (C=S) groups is 1. The summed E-state index contributed by atoms with van der Waals surface area (Å²) in [6, 6.07) is 11.8. The van der Waals surface area contributed by atoms with Crippen LogP contribution in [-0.4, -0.2) is 62.1 Å². The zero-order valence-corrected chi connectivity index (χ0v) is 21.3. The van der Waals surface area contributed by atoms with Gasteiger partial charge in [-0.1, -0.05) is 30.4 Å². The van der Waals surface area contributed by atoms with Crippen molar-refractivity contribution in [1.82, 2.24) is 25.1 Å². The number of aryl methyl sites for hydroxylation is 1. The summed E-state index contributed by atoms with van der Waals surface area (Å²) >= 11 is 6.74. The van der Waals surface area contributed by atoms with Gasteiger partial charge in [0.2, 0.25) is 4.96 Å². The van der Waals surface area contributed by atoms with Crippen molar-refractivity contribution in [1.29, 1.82) is 0 Å². The molecular formula is C23H22N8O4S2. The van der Waals surface area contributed by atoms with E-state index < -0.39 is 10.8 Å². The van der Waals surface area contributed by atoms with E-state index in [1.165, 1.54) is 17.4 Å². The van der Waals surface area contributed by atoms with E-state index in [9.17, 15) is 14.9 Å². The first-order valence-electron chi connectivity index (χ1n) is 11.5. The molecule has 0 bridgehead atoms. The summed E-state index contributed by atoms with van der Waals surface area (Å²) in [6.07, 6.45) is 0.721. The van der Waals surface area contributed by atoms with Crippen LogP contribution in [0.15, 0.2) is 42.5 Å². The molecule has 3 heterocycles. The van der Waals surface area contributed by atoms with Crippen LogP contribution in [-0.2, 0) is 11.2 Å². The molecule has 12 nitrogen and oxygen atoms in total. The topological polar surface area (TPSA) is 140 Å². The van der Waals surface area contributed by atoms with Gasteiger partial charge < -0.3 is 15.0 Å². The number of rotatable bonds is 6. The number of ether oxygens (including phenoxy) is 1. The maximum absolute atomic E-state index is 12.8. The van der Waals surface area contributed by atoms with Crippen molar-refractivity contribution >= 4 is 56.6 Å². The first-order valence-corrected chi connectivity index (χ1v) is 12.7. The lowest BCUT2D eigenvalue weighted by Gasteiger charge is -2.28. The van der Waals surface area contributed by atoms with Crippen molar-refractivity contribution in [2.24, 2.45) is 0 Å². The lowest BCUT2D eigenvalue weighted by Crippen LogP contribution is -2.37. The quantitative estimate of drug-likeness (QED) is 0.213. The van der Waals surface area contributed by atoms with Crippen molar-refractivity contribution < 1.29 is 14.5 Å². The van der Waals surface area contributed by atoms with E-state index in [2.05, 4.69) is 25.9 Å². The molecule has 2 aromatic carbocycles. The Morgan fingerprint density at radius 1 is 1.22 bits per heavy atom. The van der Waals surface area contributed by atoms with Crippen LogP contribution in [0.1, 0.15) is 23.1 Å². The highest BCUT2D eigenvalue weighted by molar-refractivity contribution is 7.80. The summed E-state index contributed by atoms with van der Waals surface area (Å²) in [5.41, 5.74) is 1.95. The first kappa shape index (κ1) is 24.7. The molecule has 2 aromatic heterocycles. The lowest BCUT2D eigenvalue weighted by molar-refractivity contribution is -0.384. The highest BCUT2D eigenvalue weighted by atomic mass is 32.1. The molecule has 0 aliphatic carbocycles. The Labute approximate surface area is 220 Å². The largest absolute Gasteiger partial charge is 0.378 e. The number of carbonyl (C=O) groups excluding carboxylic acids is 1. The van der Waals surface area contributed by atoms with Crippen molar-refractivity contribution in [2.75, 3.05) is 36.5 Å². The van der Waals surface area contributed by atoms with E-state index in [-0.39, 0.29) is 16.4 Å². The molecule has 1 aliphatic heterocycles. The zero-order valence-electron chi connectivity index (χ0n) is 19.7. The molecule has 190 valence electrons. The highest BCUT2D eigenvalue weighted by Crippen LogP contribution is 2.30. The van der Waals surface area contributed by atoms with Crippen LogP contribution in [0.5, 0.6) is 0 Å². The summed E-state index contributed by atoms with van der Waals surface area (Å²) in [4.78, 5) is 26.6. The molecule has 0 radical (unpaired) electrons. The standard InChI is InChI=1S/C23H22N8O4S2/c1-2-19-26-27-23-30(19)28-21(37-23)15-4-3-5-16(12-15)24-22(36)25-20(32)14-6-7-17(18(13-14)31(33)34)29-8-10-35-11-9-29/h3-7,12-13H,2,8-11H2,1H3,(H2,24,25,32,36). The second-order valence-electron chi connectivity index (χ2n) is 8.12. The van der Waals surface area contributed by atoms with Gasteiger partial charge in [0.15, 0.2) is 10.9 Å². The summed E-state index contributed by atoms with van der Waals surface area (Å²) in [5, 5.41) is 31.0. The lowest BCUT2D eigenvalue weighted by atomic mass is 10.1. The van der Waals surface area contributed by atoms with Crippen LogP contribution in [0.4, 0.5) is 17.1 Å². The zero-order chi connectivity index (χ0) is 25.9. The maximum atomic E-state index is 12.8. The molecule has 0 saturated carbocycles. The number of hydrogen-bond acceptors (Lipinski definition) is 10. The van der Waals surface area contributed by atoms with Crippen LogP contribution in [0.2, 0.25) is 0 Å². The molecule has 0 spiro atoms. The number of carbonyl (C=O) groups is 1. The number of fused-ring (bicyclic) bond motifs is 1. The van der Waals surface area contributed by atoms with E-state index in [0.717, 1.165) is 22.8 Å². The van der Waals surface area contributed by atoms with E-state index in [1.807, 2.05) is 36.1 Å². The molecule has 2 N–H and O–H groups in total. The fourth-order valence-electron chi connectivity index (χ4n) is 3.94. The third-order valence-corrected chi connectivity index (χ3v) is 6.90. The minimum atomic E-state index is -0.550. The number of nitrogens with one attached hydrogen (secondary N) is 2. The molecule has 5 rings (SSSR count). The Morgan fingerprint density at radius 3 is 2.78 bits per heavy atom. The minimum absolute atomic E-state index is 0.0634. The number of amides is 1. The number of nitrogens with zero attached hydrogens (tertiary/aromatic N) is 6. The predicted molar refractivity (Wildman–Crippen MR) is 143 cm³/mol. The second-order valence-corrected chi connectivity index (χ2v) is 9.48. The third-order valence-electron chi connectivity index (χ3n) is 5.75. The van der Waals surface area contributed by atoms with Gasteiger partial charge in [-0.05, 0) is 36.5 Å². The molecule has 1 fully saturated rings. The smallest absolute Gasteiger partial charge is 0.293 e. The van der Waals surface area contributed by atoms with Gasteiger partial charge in [0.05, 0.1) is 18.1 Å². The average Bonchev–Trinajstić information content (AvgIpc) is 3.50. The SMILES string of the molecule is CCc1nnc2sc(-c3cccc(NC(=S)NC(=O)c4ccc(N5CCOCC5)c([N+](=O)[O-])c4)c3)nn12. The number of anilines is 2. The summed E-state index contributed by atoms with van der Waals surface area (Å²) in [5.74, 6) is 0.236. The van der Waals surface area contributed by atoms with E-state index in [1.54, 1.807) is 16.6 Å². The molecule has 0 atom stereocenters. The van der Waals surface area contributed by atoms with E-state index in [0.29, 0.717) is 42.6 Å². The van der Waals surface area contributed by atoms with Gasteiger partial charge in [0.1, 0.15) is 10.7 Å². The van der Waals surface area contributed by atoms with Gasteiger partial charge in [0, 0.05) is 42.4 Å². The Balaban J connectivity index is 1.28. The van der Waals surface area contributed by atoms with Gasteiger partial charge in [0.25, 0.3) is 11.6 Å². The molecule has 37 heavy (non-hydrogen) atoms. The predicted octanol–water partition coefficient (Wildman–Crippen LogP) is 3.29. The van der Waals surface area contributed by atoms with Gasteiger partial charge >= 0.3 is 0 Å². The molecule has 1 saturated heterocycles. The number of morpholine rings is 1. The second kappa shape index (κ2) is 10.5. The fourth-order valence-corrected chi connectivity index (χ4v) is 5.01. The number of aromatic nitrogens is 4. The number of benzene rings is 2. The number of nitro benzene ring substituents is 1. The van der Waals surface area contributed by atoms with Crippen molar-refractivity contribution in [2.45, 2.75) is 13.3 Å². The fraction of sp³-hybridized carbons (Fsp3) is 0.261. The molecule has 1 aliphatic rings. The molecular weight excluding hydrogens is 516 g/mol. The molecule has 14 heteroatoms. The molecule has 0 unspecified atom stereocenters. The van der Waals surface area contributed by atoms with Crippen LogP contribution in [0.3, 0.4) is 0 Å². The Morgan fingerprint density at radius 2 is 2.03 bits per heavy atom. The normalized spacial score (nSPS) is 13.5. The Kier molecular flexibility index (Phi) is 7.03. The first-order chi connectivity index (χ1) is 17.9. The van der Waals surface area contributed by atoms with Gasteiger partial charge in [-0.15, -0.1) is 10.2 Å². The Hall–Kier alpha value is -4.01. The van der Waals surface area contributed by atoms with Crippen molar-refractivity contribution in [3.63, 3.8) is 0 Å². The van der Waals surface area contributed by atoms with Crippen LogP contribution < -0.4 is 15.5 Å². The molecule has 1 amide bonds. The Bertz CT molecular complexity index is 1500. The highest BCUT2D eigenvalue weighted by Gasteiger charge is 2.23. The summed E-state index contributed by atoms with van der Waals surface area (Å²) < 4.78 is 7.05.